The summed E-state index contributed by atoms with van der Waals surface area (Å²) in [6.45, 7) is 0.997. The van der Waals surface area contributed by atoms with Crippen LogP contribution in [0.15, 0.2) is 36.4 Å². The normalized spacial score (nSPS) is 11.1. The highest BCUT2D eigenvalue weighted by atomic mass is 35.5. The standard InChI is InChI=1S/C16H12ClF3N2O4/c1-9-6-11(3-5-14(9)22(24)25)26-8-15(23)21-13-7-10(16(18,19)20)2-4-12(13)17/h2-7H,8H2,1H3,(H,21,23). The number of carbonyl (C=O) groups is 1. The summed E-state index contributed by atoms with van der Waals surface area (Å²) in [6, 6.07) is 6.47. The summed E-state index contributed by atoms with van der Waals surface area (Å²) in [7, 11) is 0. The maximum absolute atomic E-state index is 12.7. The van der Waals surface area contributed by atoms with Crippen molar-refractivity contribution in [3.63, 3.8) is 0 Å². The quantitative estimate of drug-likeness (QED) is 0.600. The van der Waals surface area contributed by atoms with E-state index in [1.54, 1.807) is 0 Å². The molecular formula is C16H12ClF3N2O4. The van der Waals surface area contributed by atoms with Gasteiger partial charge in [0.15, 0.2) is 6.61 Å². The summed E-state index contributed by atoms with van der Waals surface area (Å²) in [5.41, 5.74) is -0.912. The molecule has 0 aromatic heterocycles. The minimum absolute atomic E-state index is 0.0578. The van der Waals surface area contributed by atoms with E-state index >= 15 is 0 Å². The molecule has 0 unspecified atom stereocenters. The fourth-order valence-electron chi connectivity index (χ4n) is 2.06. The zero-order chi connectivity index (χ0) is 19.5. The molecule has 0 aliphatic heterocycles. The number of aryl methyl sites for hydroxylation is 1. The molecule has 2 aromatic carbocycles. The molecule has 1 amide bonds. The number of hydrogen-bond acceptors (Lipinski definition) is 4. The lowest BCUT2D eigenvalue weighted by atomic mass is 10.2. The Labute approximate surface area is 150 Å². The Morgan fingerprint density at radius 3 is 2.54 bits per heavy atom. The number of ether oxygens (including phenoxy) is 1. The van der Waals surface area contributed by atoms with E-state index in [0.717, 1.165) is 18.2 Å². The van der Waals surface area contributed by atoms with Crippen LogP contribution in [0, 0.1) is 17.0 Å². The number of rotatable bonds is 5. The van der Waals surface area contributed by atoms with Crippen molar-refractivity contribution in [2.24, 2.45) is 0 Å². The van der Waals surface area contributed by atoms with Crippen LogP contribution in [0.1, 0.15) is 11.1 Å². The van der Waals surface area contributed by atoms with Gasteiger partial charge >= 0.3 is 6.18 Å². The minimum Gasteiger partial charge on any atom is -0.484 e. The van der Waals surface area contributed by atoms with Gasteiger partial charge in [-0.15, -0.1) is 0 Å². The molecule has 0 bridgehead atoms. The summed E-state index contributed by atoms with van der Waals surface area (Å²) < 4.78 is 43.3. The molecule has 2 aromatic rings. The second kappa shape index (κ2) is 7.61. The average molecular weight is 389 g/mol. The number of alkyl halides is 3. The second-order valence-corrected chi connectivity index (χ2v) is 5.64. The molecule has 0 fully saturated rings. The molecular weight excluding hydrogens is 377 g/mol. The van der Waals surface area contributed by atoms with Crippen LogP contribution < -0.4 is 10.1 Å². The van der Waals surface area contributed by atoms with Gasteiger partial charge in [0.25, 0.3) is 11.6 Å². The van der Waals surface area contributed by atoms with Crippen molar-refractivity contribution in [3.8, 4) is 5.75 Å². The van der Waals surface area contributed by atoms with Crippen molar-refractivity contribution < 1.29 is 27.6 Å². The van der Waals surface area contributed by atoms with Gasteiger partial charge in [0.1, 0.15) is 5.75 Å². The predicted octanol–water partition coefficient (Wildman–Crippen LogP) is 4.59. The molecule has 0 aliphatic rings. The fraction of sp³-hybridized carbons (Fsp3) is 0.188. The van der Waals surface area contributed by atoms with Gasteiger partial charge in [-0.05, 0) is 37.3 Å². The maximum Gasteiger partial charge on any atom is 0.416 e. The van der Waals surface area contributed by atoms with E-state index in [-0.39, 0.29) is 22.1 Å². The second-order valence-electron chi connectivity index (χ2n) is 5.23. The van der Waals surface area contributed by atoms with Crippen LogP contribution in [0.5, 0.6) is 5.75 Å². The van der Waals surface area contributed by atoms with E-state index in [0.29, 0.717) is 5.56 Å². The van der Waals surface area contributed by atoms with Crippen molar-refractivity contribution in [1.29, 1.82) is 0 Å². The number of anilines is 1. The van der Waals surface area contributed by atoms with Crippen LogP contribution in [0.25, 0.3) is 0 Å². The van der Waals surface area contributed by atoms with Crippen molar-refractivity contribution in [2.45, 2.75) is 13.1 Å². The van der Waals surface area contributed by atoms with E-state index < -0.39 is 29.2 Å². The summed E-state index contributed by atoms with van der Waals surface area (Å²) >= 11 is 5.79. The summed E-state index contributed by atoms with van der Waals surface area (Å²) in [5.74, 6) is -0.527. The Morgan fingerprint density at radius 1 is 1.27 bits per heavy atom. The van der Waals surface area contributed by atoms with Crippen molar-refractivity contribution in [1.82, 2.24) is 0 Å². The molecule has 0 aliphatic carbocycles. The van der Waals surface area contributed by atoms with Crippen LogP contribution in [0.2, 0.25) is 5.02 Å². The van der Waals surface area contributed by atoms with Gasteiger partial charge in [-0.1, -0.05) is 11.6 Å². The monoisotopic (exact) mass is 388 g/mol. The number of nitrogens with one attached hydrogen (secondary N) is 1. The first-order valence-corrected chi connectivity index (χ1v) is 7.50. The number of nitro benzene ring substituents is 1. The summed E-state index contributed by atoms with van der Waals surface area (Å²) in [6.07, 6.45) is -4.57. The number of nitrogens with zero attached hydrogens (tertiary/aromatic N) is 1. The van der Waals surface area contributed by atoms with Gasteiger partial charge in [-0.25, -0.2) is 0 Å². The molecule has 26 heavy (non-hydrogen) atoms. The SMILES string of the molecule is Cc1cc(OCC(=O)Nc2cc(C(F)(F)F)ccc2Cl)ccc1[N+](=O)[O-]. The zero-order valence-corrected chi connectivity index (χ0v) is 14.0. The Morgan fingerprint density at radius 2 is 1.96 bits per heavy atom. The number of benzene rings is 2. The molecule has 0 saturated heterocycles. The van der Waals surface area contributed by atoms with Crippen LogP contribution in [0.4, 0.5) is 24.5 Å². The molecule has 2 rings (SSSR count). The van der Waals surface area contributed by atoms with Crippen molar-refractivity contribution in [3.05, 3.63) is 62.7 Å². The smallest absolute Gasteiger partial charge is 0.416 e. The Kier molecular flexibility index (Phi) is 5.71. The molecule has 6 nitrogen and oxygen atoms in total. The molecule has 0 spiro atoms. The zero-order valence-electron chi connectivity index (χ0n) is 13.3. The van der Waals surface area contributed by atoms with Crippen molar-refractivity contribution in [2.75, 3.05) is 11.9 Å². The fourth-order valence-corrected chi connectivity index (χ4v) is 2.22. The van der Waals surface area contributed by atoms with Gasteiger partial charge in [0.05, 0.1) is 21.2 Å². The molecule has 10 heteroatoms. The molecule has 0 radical (unpaired) electrons. The Bertz CT molecular complexity index is 856. The first kappa shape index (κ1) is 19.5. The van der Waals surface area contributed by atoms with Crippen LogP contribution in [-0.4, -0.2) is 17.4 Å². The van der Waals surface area contributed by atoms with Crippen LogP contribution >= 0.6 is 11.6 Å². The van der Waals surface area contributed by atoms with Gasteiger partial charge in [-0.3, -0.25) is 14.9 Å². The summed E-state index contributed by atoms with van der Waals surface area (Å²) in [4.78, 5) is 22.1. The van der Waals surface area contributed by atoms with Gasteiger partial charge < -0.3 is 10.1 Å². The molecule has 0 heterocycles. The van der Waals surface area contributed by atoms with E-state index in [4.69, 9.17) is 16.3 Å². The van der Waals surface area contributed by atoms with Crippen molar-refractivity contribution >= 4 is 28.9 Å². The molecule has 0 saturated carbocycles. The van der Waals surface area contributed by atoms with E-state index in [2.05, 4.69) is 5.32 Å². The largest absolute Gasteiger partial charge is 0.484 e. The first-order chi connectivity index (χ1) is 12.1. The highest BCUT2D eigenvalue weighted by Gasteiger charge is 2.31. The lowest BCUT2D eigenvalue weighted by Crippen LogP contribution is -2.20. The number of hydrogen-bond donors (Lipinski definition) is 1. The minimum atomic E-state index is -4.57. The lowest BCUT2D eigenvalue weighted by Gasteiger charge is -2.12. The van der Waals surface area contributed by atoms with Gasteiger partial charge in [0.2, 0.25) is 0 Å². The number of carbonyl (C=O) groups excluding carboxylic acids is 1. The van der Waals surface area contributed by atoms with E-state index in [1.807, 2.05) is 0 Å². The third-order valence-electron chi connectivity index (χ3n) is 3.30. The highest BCUT2D eigenvalue weighted by Crippen LogP contribution is 2.33. The Hall–Kier alpha value is -2.81. The van der Waals surface area contributed by atoms with E-state index in [9.17, 15) is 28.1 Å². The molecule has 1 N–H and O–H groups in total. The van der Waals surface area contributed by atoms with Gasteiger partial charge in [0, 0.05) is 11.6 Å². The molecule has 138 valence electrons. The third-order valence-corrected chi connectivity index (χ3v) is 3.63. The van der Waals surface area contributed by atoms with Crippen LogP contribution in [-0.2, 0) is 11.0 Å². The third kappa shape index (κ3) is 4.85. The van der Waals surface area contributed by atoms with Crippen LogP contribution in [0.3, 0.4) is 0 Å². The van der Waals surface area contributed by atoms with E-state index in [1.165, 1.54) is 25.1 Å². The highest BCUT2D eigenvalue weighted by molar-refractivity contribution is 6.33. The van der Waals surface area contributed by atoms with Gasteiger partial charge in [-0.2, -0.15) is 13.2 Å². The number of amides is 1. The lowest BCUT2D eigenvalue weighted by molar-refractivity contribution is -0.385. The molecule has 0 atom stereocenters. The summed E-state index contributed by atoms with van der Waals surface area (Å²) in [5, 5.41) is 12.9. The predicted molar refractivity (Wildman–Crippen MR) is 88.4 cm³/mol. The Balaban J connectivity index is 2.03. The number of halogens is 4. The first-order valence-electron chi connectivity index (χ1n) is 7.12. The topological polar surface area (TPSA) is 81.5 Å². The average Bonchev–Trinajstić information content (AvgIpc) is 2.53. The maximum atomic E-state index is 12.7. The number of nitro groups is 1.